The molecule has 0 aromatic carbocycles. The second-order valence-corrected chi connectivity index (χ2v) is 4.95. The Hall–Kier alpha value is -0.800. The van der Waals surface area contributed by atoms with E-state index in [4.69, 9.17) is 0 Å². The van der Waals surface area contributed by atoms with Crippen molar-refractivity contribution < 1.29 is 31.1 Å². The fourth-order valence-corrected chi connectivity index (χ4v) is 2.12. The molecule has 1 heterocycles. The molecule has 0 radical (unpaired) electrons. The summed E-state index contributed by atoms with van der Waals surface area (Å²) in [5.41, 5.74) is 0. The monoisotopic (exact) mass is 321 g/mol. The zero-order valence-corrected chi connectivity index (χ0v) is 11.0. The number of alkyl halides is 6. The van der Waals surface area contributed by atoms with Crippen molar-refractivity contribution in [3.05, 3.63) is 22.4 Å². The highest BCUT2D eigenvalue weighted by molar-refractivity contribution is 7.09. The minimum Gasteiger partial charge on any atom is -0.360 e. The van der Waals surface area contributed by atoms with Crippen LogP contribution < -0.4 is 5.32 Å². The van der Waals surface area contributed by atoms with Crippen LogP contribution in [-0.4, -0.2) is 38.2 Å². The maximum absolute atomic E-state index is 12.1. The van der Waals surface area contributed by atoms with Gasteiger partial charge in [-0.25, -0.2) is 0 Å². The summed E-state index contributed by atoms with van der Waals surface area (Å²) in [5.74, 6) is 0. The lowest BCUT2D eigenvalue weighted by Crippen LogP contribution is -2.45. The molecule has 0 unspecified atom stereocenters. The van der Waals surface area contributed by atoms with Gasteiger partial charge in [-0.15, -0.1) is 11.3 Å². The lowest BCUT2D eigenvalue weighted by atomic mass is 10.3. The van der Waals surface area contributed by atoms with E-state index in [9.17, 15) is 26.3 Å². The molecule has 0 fully saturated rings. The molecular formula is C11H13F6NOS. The van der Waals surface area contributed by atoms with Gasteiger partial charge in [0.05, 0.1) is 6.61 Å². The molecular weight excluding hydrogens is 308 g/mol. The van der Waals surface area contributed by atoms with Gasteiger partial charge >= 0.3 is 12.4 Å². The average molecular weight is 321 g/mol. The molecule has 20 heavy (non-hydrogen) atoms. The molecule has 0 aliphatic rings. The third-order valence-corrected chi connectivity index (χ3v) is 3.22. The van der Waals surface area contributed by atoms with Crippen LogP contribution in [0.1, 0.15) is 4.88 Å². The first-order valence-corrected chi connectivity index (χ1v) is 6.57. The van der Waals surface area contributed by atoms with Gasteiger partial charge in [-0.05, 0) is 17.9 Å². The van der Waals surface area contributed by atoms with Crippen molar-refractivity contribution in [3.63, 3.8) is 0 Å². The van der Waals surface area contributed by atoms with E-state index in [-0.39, 0.29) is 6.54 Å². The quantitative estimate of drug-likeness (QED) is 0.614. The second kappa shape index (κ2) is 7.28. The van der Waals surface area contributed by atoms with E-state index in [1.807, 2.05) is 17.5 Å². The summed E-state index contributed by atoms with van der Waals surface area (Å²) in [5, 5.41) is 4.61. The van der Waals surface area contributed by atoms with Gasteiger partial charge in [0.1, 0.15) is 0 Å². The van der Waals surface area contributed by atoms with Gasteiger partial charge in [0.25, 0.3) is 0 Å². The van der Waals surface area contributed by atoms with Gasteiger partial charge in [0.2, 0.25) is 6.10 Å². The van der Waals surface area contributed by atoms with Crippen LogP contribution in [0.4, 0.5) is 26.3 Å². The molecule has 2 nitrogen and oxygen atoms in total. The van der Waals surface area contributed by atoms with E-state index in [2.05, 4.69) is 10.1 Å². The molecule has 0 saturated heterocycles. The first kappa shape index (κ1) is 17.3. The third-order valence-electron chi connectivity index (χ3n) is 2.29. The zero-order valence-electron chi connectivity index (χ0n) is 10.2. The van der Waals surface area contributed by atoms with E-state index in [0.717, 1.165) is 4.88 Å². The summed E-state index contributed by atoms with van der Waals surface area (Å²) in [7, 11) is 0. The van der Waals surface area contributed by atoms with Crippen LogP contribution in [0.3, 0.4) is 0 Å². The Morgan fingerprint density at radius 1 is 1.10 bits per heavy atom. The standard InChI is InChI=1S/C11H13F6NOS/c12-10(13,14)9(11(15,16)17)19-6-5-18-4-3-8-2-1-7-20-8/h1-2,7,9,18H,3-6H2. The molecule has 9 heteroatoms. The number of rotatable bonds is 7. The van der Waals surface area contributed by atoms with Crippen LogP contribution in [0.15, 0.2) is 17.5 Å². The Morgan fingerprint density at radius 3 is 2.25 bits per heavy atom. The number of nitrogens with one attached hydrogen (secondary N) is 1. The molecule has 0 spiro atoms. The molecule has 1 rings (SSSR count). The van der Waals surface area contributed by atoms with Gasteiger partial charge in [-0.1, -0.05) is 6.07 Å². The van der Waals surface area contributed by atoms with Crippen LogP contribution in [0.5, 0.6) is 0 Å². The lowest BCUT2D eigenvalue weighted by Gasteiger charge is -2.23. The summed E-state index contributed by atoms with van der Waals surface area (Å²) < 4.78 is 76.6. The first-order chi connectivity index (χ1) is 9.21. The molecule has 1 aromatic heterocycles. The van der Waals surface area contributed by atoms with Crippen LogP contribution in [0.25, 0.3) is 0 Å². The molecule has 0 aliphatic carbocycles. The fourth-order valence-electron chi connectivity index (χ4n) is 1.41. The number of halogens is 6. The van der Waals surface area contributed by atoms with Crippen molar-refractivity contribution in [1.82, 2.24) is 5.32 Å². The third kappa shape index (κ3) is 6.10. The van der Waals surface area contributed by atoms with Gasteiger partial charge in [-0.3, -0.25) is 0 Å². The van der Waals surface area contributed by atoms with Gasteiger partial charge in [0, 0.05) is 18.0 Å². The predicted molar refractivity (Wildman–Crippen MR) is 62.7 cm³/mol. The molecule has 0 atom stereocenters. The number of hydrogen-bond acceptors (Lipinski definition) is 3. The second-order valence-electron chi connectivity index (χ2n) is 3.91. The molecule has 116 valence electrons. The Bertz CT molecular complexity index is 361. The highest BCUT2D eigenvalue weighted by Crippen LogP contribution is 2.35. The topological polar surface area (TPSA) is 21.3 Å². The Balaban J connectivity index is 2.21. The molecule has 1 aromatic rings. The van der Waals surface area contributed by atoms with Crippen molar-refractivity contribution in [1.29, 1.82) is 0 Å². The number of ether oxygens (including phenoxy) is 1. The van der Waals surface area contributed by atoms with Gasteiger partial charge < -0.3 is 10.1 Å². The molecule has 0 bridgehead atoms. The summed E-state index contributed by atoms with van der Waals surface area (Å²) in [4.78, 5) is 1.09. The minimum atomic E-state index is -5.45. The fraction of sp³-hybridized carbons (Fsp3) is 0.636. The van der Waals surface area contributed by atoms with Crippen molar-refractivity contribution in [2.75, 3.05) is 19.7 Å². The van der Waals surface area contributed by atoms with E-state index >= 15 is 0 Å². The maximum Gasteiger partial charge on any atom is 0.423 e. The molecule has 0 saturated carbocycles. The van der Waals surface area contributed by atoms with Crippen molar-refractivity contribution in [3.8, 4) is 0 Å². The van der Waals surface area contributed by atoms with E-state index in [1.54, 1.807) is 0 Å². The average Bonchev–Trinajstić information content (AvgIpc) is 2.77. The van der Waals surface area contributed by atoms with Crippen molar-refractivity contribution >= 4 is 11.3 Å². The van der Waals surface area contributed by atoms with Crippen LogP contribution >= 0.6 is 11.3 Å². The highest BCUT2D eigenvalue weighted by Gasteiger charge is 2.57. The molecule has 0 amide bonds. The predicted octanol–water partition coefficient (Wildman–Crippen LogP) is 3.39. The van der Waals surface area contributed by atoms with Crippen LogP contribution in [-0.2, 0) is 11.2 Å². The van der Waals surface area contributed by atoms with E-state index in [1.165, 1.54) is 11.3 Å². The van der Waals surface area contributed by atoms with Gasteiger partial charge in [0.15, 0.2) is 0 Å². The normalized spacial score (nSPS) is 13.2. The lowest BCUT2D eigenvalue weighted by molar-refractivity contribution is -0.321. The smallest absolute Gasteiger partial charge is 0.360 e. The van der Waals surface area contributed by atoms with Crippen LogP contribution in [0, 0.1) is 0 Å². The zero-order chi connectivity index (χ0) is 15.2. The van der Waals surface area contributed by atoms with E-state index in [0.29, 0.717) is 13.0 Å². The molecule has 0 aliphatic heterocycles. The van der Waals surface area contributed by atoms with Crippen molar-refractivity contribution in [2.24, 2.45) is 0 Å². The summed E-state index contributed by atoms with van der Waals surface area (Å²) >= 11 is 1.53. The van der Waals surface area contributed by atoms with Gasteiger partial charge in [-0.2, -0.15) is 26.3 Å². The van der Waals surface area contributed by atoms with Crippen molar-refractivity contribution in [2.45, 2.75) is 24.9 Å². The summed E-state index contributed by atoms with van der Waals surface area (Å²) in [6.07, 6.45) is -14.0. The number of hydrogen-bond donors (Lipinski definition) is 1. The molecule has 1 N–H and O–H groups in total. The largest absolute Gasteiger partial charge is 0.423 e. The number of thiophene rings is 1. The Labute approximate surface area is 115 Å². The van der Waals surface area contributed by atoms with E-state index < -0.39 is 25.1 Å². The maximum atomic E-state index is 12.1. The SMILES string of the molecule is FC(F)(F)C(OCCNCCc1cccs1)C(F)(F)F. The Morgan fingerprint density at radius 2 is 1.75 bits per heavy atom. The highest BCUT2D eigenvalue weighted by atomic mass is 32.1. The van der Waals surface area contributed by atoms with Crippen LogP contribution in [0.2, 0.25) is 0 Å². The first-order valence-electron chi connectivity index (χ1n) is 5.69. The summed E-state index contributed by atoms with van der Waals surface area (Å²) in [6.45, 7) is -0.269. The minimum absolute atomic E-state index is 0.0754. The Kier molecular flexibility index (Phi) is 6.28. The summed E-state index contributed by atoms with van der Waals surface area (Å²) in [6, 6.07) is 3.76.